The lowest BCUT2D eigenvalue weighted by Gasteiger charge is -2.27. The first-order chi connectivity index (χ1) is 12.6. The van der Waals surface area contributed by atoms with E-state index in [0.29, 0.717) is 42.5 Å². The van der Waals surface area contributed by atoms with E-state index in [2.05, 4.69) is 36.5 Å². The molecule has 6 atom stereocenters. The van der Waals surface area contributed by atoms with Crippen molar-refractivity contribution in [1.29, 1.82) is 0 Å². The van der Waals surface area contributed by atoms with Crippen LogP contribution < -0.4 is 0 Å². The van der Waals surface area contributed by atoms with Gasteiger partial charge >= 0.3 is 11.9 Å². The van der Waals surface area contributed by atoms with Gasteiger partial charge in [-0.15, -0.1) is 0 Å². The molecular weight excluding hydrogens is 332 g/mol. The molecule has 6 aliphatic rings. The minimum absolute atomic E-state index is 0.00926. The number of carbonyl (C=O) groups excluding carboxylic acids is 3. The van der Waals surface area contributed by atoms with Crippen LogP contribution >= 0.6 is 0 Å². The number of cyclic esters (lactones) is 1. The Bertz CT molecular complexity index is 689. The molecule has 0 amide bonds. The molecule has 4 aliphatic carbocycles. The third-order valence-corrected chi connectivity index (χ3v) is 6.07. The van der Waals surface area contributed by atoms with Crippen LogP contribution in [0.4, 0.5) is 0 Å². The summed E-state index contributed by atoms with van der Waals surface area (Å²) < 4.78 is 9.81. The average Bonchev–Trinajstić information content (AvgIpc) is 3.37. The highest BCUT2D eigenvalue weighted by Gasteiger charge is 2.39. The number of allylic oxidation sites excluding steroid dienone is 3. The fourth-order valence-corrected chi connectivity index (χ4v) is 4.38. The van der Waals surface area contributed by atoms with E-state index in [4.69, 9.17) is 9.47 Å². The van der Waals surface area contributed by atoms with Crippen LogP contribution in [0.25, 0.3) is 0 Å². The second-order valence-electron chi connectivity index (χ2n) is 7.73. The van der Waals surface area contributed by atoms with E-state index >= 15 is 0 Å². The number of Topliss-reactive ketones (excluding diaryl/α,β-unsaturated/α-hetero) is 1. The summed E-state index contributed by atoms with van der Waals surface area (Å²) in [4.78, 5) is 32.1. The lowest BCUT2D eigenvalue weighted by atomic mass is 9.75. The van der Waals surface area contributed by atoms with Gasteiger partial charge in [0.25, 0.3) is 0 Å². The molecule has 5 heteroatoms. The van der Waals surface area contributed by atoms with Gasteiger partial charge in [-0.2, -0.15) is 0 Å². The molecule has 138 valence electrons. The Labute approximate surface area is 153 Å². The maximum atomic E-state index is 10.8. The molecule has 2 aliphatic heterocycles. The van der Waals surface area contributed by atoms with Gasteiger partial charge < -0.3 is 9.47 Å². The first kappa shape index (κ1) is 17.3. The second kappa shape index (κ2) is 7.22. The van der Waals surface area contributed by atoms with Crippen LogP contribution in [-0.4, -0.2) is 30.4 Å². The van der Waals surface area contributed by atoms with Crippen LogP contribution in [0.1, 0.15) is 32.1 Å². The Morgan fingerprint density at radius 3 is 2.12 bits per heavy atom. The molecule has 5 nitrogen and oxygen atoms in total. The van der Waals surface area contributed by atoms with E-state index in [1.807, 2.05) is 0 Å². The molecule has 0 aromatic carbocycles. The van der Waals surface area contributed by atoms with Crippen molar-refractivity contribution in [2.45, 2.75) is 38.2 Å². The molecule has 1 saturated carbocycles. The zero-order chi connectivity index (χ0) is 18.1. The monoisotopic (exact) mass is 356 g/mol. The number of rotatable bonds is 0. The fraction of sp³-hybridized carbons (Fsp3) is 0.571. The molecule has 0 bridgehead atoms. The van der Waals surface area contributed by atoms with Gasteiger partial charge in [0.05, 0.1) is 18.9 Å². The van der Waals surface area contributed by atoms with Gasteiger partial charge in [0.15, 0.2) is 0 Å². The number of hydrogen-bond acceptors (Lipinski definition) is 5. The first-order valence-corrected chi connectivity index (χ1v) is 9.50. The van der Waals surface area contributed by atoms with E-state index < -0.39 is 0 Å². The molecule has 6 rings (SSSR count). The molecule has 0 aromatic rings. The molecule has 0 radical (unpaired) electrons. The lowest BCUT2D eigenvalue weighted by Crippen LogP contribution is -2.32. The van der Waals surface area contributed by atoms with Crippen molar-refractivity contribution in [3.05, 3.63) is 36.5 Å². The van der Waals surface area contributed by atoms with Gasteiger partial charge in [0, 0.05) is 30.6 Å². The zero-order valence-corrected chi connectivity index (χ0v) is 14.7. The zero-order valence-electron chi connectivity index (χ0n) is 14.7. The van der Waals surface area contributed by atoms with Gasteiger partial charge in [-0.05, 0) is 18.8 Å². The number of fused-ring (bicyclic) bond motifs is 3. The van der Waals surface area contributed by atoms with Crippen molar-refractivity contribution in [3.63, 3.8) is 0 Å². The highest BCUT2D eigenvalue weighted by molar-refractivity contribution is 5.88. The van der Waals surface area contributed by atoms with Crippen molar-refractivity contribution < 1.29 is 23.9 Å². The third-order valence-electron chi connectivity index (χ3n) is 6.07. The predicted molar refractivity (Wildman–Crippen MR) is 93.8 cm³/mol. The Balaban J connectivity index is 0.0000000972. The van der Waals surface area contributed by atoms with Crippen molar-refractivity contribution in [1.82, 2.24) is 0 Å². The molecule has 0 aromatic heterocycles. The van der Waals surface area contributed by atoms with Crippen LogP contribution in [0.3, 0.4) is 0 Å². The Morgan fingerprint density at radius 1 is 0.769 bits per heavy atom. The minimum atomic E-state index is -0.0330. The Morgan fingerprint density at radius 2 is 1.46 bits per heavy atom. The Kier molecular flexibility index (Phi) is 4.79. The van der Waals surface area contributed by atoms with Crippen LogP contribution in [0.2, 0.25) is 0 Å². The largest absolute Gasteiger partial charge is 0.465 e. The molecule has 6 unspecified atom stereocenters. The molecular formula is C21H24O5. The predicted octanol–water partition coefficient (Wildman–Crippen LogP) is 2.77. The van der Waals surface area contributed by atoms with Gasteiger partial charge in [0.1, 0.15) is 11.9 Å². The molecule has 3 fully saturated rings. The van der Waals surface area contributed by atoms with Crippen molar-refractivity contribution in [3.8, 4) is 0 Å². The molecule has 0 N–H and O–H groups in total. The SMILES string of the molecule is O=C1CC2C=CCC12.O=C1CC2C=CCC2O1.O=C1OCC2C=CCC12. The van der Waals surface area contributed by atoms with Crippen LogP contribution in [0, 0.1) is 29.6 Å². The molecule has 0 spiro atoms. The number of hydrogen-bond donors (Lipinski definition) is 0. The van der Waals surface area contributed by atoms with Gasteiger partial charge in [-0.1, -0.05) is 36.5 Å². The summed E-state index contributed by atoms with van der Waals surface area (Å²) in [5, 5.41) is 0. The summed E-state index contributed by atoms with van der Waals surface area (Å²) in [7, 11) is 0. The van der Waals surface area contributed by atoms with Crippen LogP contribution in [0.15, 0.2) is 36.5 Å². The third kappa shape index (κ3) is 3.39. The van der Waals surface area contributed by atoms with Crippen LogP contribution in [-0.2, 0) is 23.9 Å². The summed E-state index contributed by atoms with van der Waals surface area (Å²) in [5.41, 5.74) is 0. The lowest BCUT2D eigenvalue weighted by molar-refractivity contribution is -0.142. The summed E-state index contributed by atoms with van der Waals surface area (Å²) >= 11 is 0. The van der Waals surface area contributed by atoms with E-state index in [-0.39, 0.29) is 24.0 Å². The first-order valence-electron chi connectivity index (χ1n) is 9.50. The fourth-order valence-electron chi connectivity index (χ4n) is 4.38. The molecule has 2 heterocycles. The highest BCUT2D eigenvalue weighted by atomic mass is 16.6. The summed E-state index contributed by atoms with van der Waals surface area (Å²) in [6, 6.07) is 0. The number of esters is 2. The van der Waals surface area contributed by atoms with Crippen molar-refractivity contribution in [2.75, 3.05) is 6.61 Å². The van der Waals surface area contributed by atoms with Gasteiger partial charge in [0.2, 0.25) is 0 Å². The smallest absolute Gasteiger partial charge is 0.309 e. The second-order valence-corrected chi connectivity index (χ2v) is 7.73. The average molecular weight is 356 g/mol. The van der Waals surface area contributed by atoms with Crippen molar-refractivity contribution in [2.24, 2.45) is 29.6 Å². The minimum Gasteiger partial charge on any atom is -0.465 e. The maximum absolute atomic E-state index is 10.8. The standard InChI is InChI=1S/2C7H8O2.C7H8O/c8-7-6-3-1-2-5(6)4-9-7;8-7-4-5-2-1-3-6(5)9-7;8-7-4-5-2-1-3-6(5)7/h2*1-2,5-6H,3-4H2;1-2,5-6H,3-4H2. The molecule has 26 heavy (non-hydrogen) atoms. The van der Waals surface area contributed by atoms with E-state index in [0.717, 1.165) is 25.7 Å². The van der Waals surface area contributed by atoms with Crippen LogP contribution in [0.5, 0.6) is 0 Å². The van der Waals surface area contributed by atoms with E-state index in [1.165, 1.54) is 0 Å². The van der Waals surface area contributed by atoms with Gasteiger partial charge in [-0.3, -0.25) is 14.4 Å². The summed E-state index contributed by atoms with van der Waals surface area (Å²) in [5.74, 6) is 2.46. The number of carbonyl (C=O) groups is 3. The molecule has 2 saturated heterocycles. The topological polar surface area (TPSA) is 69.7 Å². The highest BCUT2D eigenvalue weighted by Crippen LogP contribution is 2.39. The summed E-state index contributed by atoms with van der Waals surface area (Å²) in [6.45, 7) is 0.611. The van der Waals surface area contributed by atoms with E-state index in [9.17, 15) is 14.4 Å². The van der Waals surface area contributed by atoms with Gasteiger partial charge in [-0.25, -0.2) is 0 Å². The number of ketones is 1. The Hall–Kier alpha value is -2.17. The van der Waals surface area contributed by atoms with Crippen molar-refractivity contribution >= 4 is 17.7 Å². The summed E-state index contributed by atoms with van der Waals surface area (Å²) in [6.07, 6.45) is 17.1. The maximum Gasteiger partial charge on any atom is 0.309 e. The number of ether oxygens (including phenoxy) is 2. The van der Waals surface area contributed by atoms with E-state index in [1.54, 1.807) is 0 Å². The normalized spacial score (nSPS) is 39.8. The quantitative estimate of drug-likeness (QED) is 0.493.